The molecular weight excluding hydrogens is 322 g/mol. The van der Waals surface area contributed by atoms with Crippen LogP contribution in [0.4, 0.5) is 10.5 Å². The van der Waals surface area contributed by atoms with Crippen LogP contribution in [0.3, 0.4) is 0 Å². The molecule has 0 aliphatic heterocycles. The molecule has 1 unspecified atom stereocenters. The highest BCUT2D eigenvalue weighted by Gasteiger charge is 2.21. The summed E-state index contributed by atoms with van der Waals surface area (Å²) in [4.78, 5) is 29.0. The highest BCUT2D eigenvalue weighted by atomic mass is 16.3. The third-order valence-electron chi connectivity index (χ3n) is 3.23. The van der Waals surface area contributed by atoms with Crippen molar-refractivity contribution in [1.29, 1.82) is 0 Å². The van der Waals surface area contributed by atoms with Gasteiger partial charge in [-0.05, 0) is 18.2 Å². The second-order valence-electron chi connectivity index (χ2n) is 5.30. The first kappa shape index (κ1) is 18.1. The van der Waals surface area contributed by atoms with Crippen molar-refractivity contribution in [3.05, 3.63) is 59.9 Å². The van der Waals surface area contributed by atoms with Crippen molar-refractivity contribution in [3.63, 3.8) is 0 Å². The fourth-order valence-corrected chi connectivity index (χ4v) is 1.98. The number of benzene rings is 1. The number of urea groups is 1. The number of likely N-dealkylation sites (N-methyl/N-ethyl adjacent to an activating group) is 1. The Labute approximate surface area is 145 Å². The minimum atomic E-state index is -1.36. The number of amides is 3. The van der Waals surface area contributed by atoms with Crippen molar-refractivity contribution >= 4 is 23.8 Å². The van der Waals surface area contributed by atoms with Crippen LogP contribution in [-0.2, 0) is 4.79 Å². The number of hydrogen-bond acceptors (Lipinski definition) is 5. The summed E-state index contributed by atoms with van der Waals surface area (Å²) in [6, 6.07) is 11.6. The number of rotatable bonds is 5. The van der Waals surface area contributed by atoms with Crippen LogP contribution in [0.15, 0.2) is 53.8 Å². The second-order valence-corrected chi connectivity index (χ2v) is 5.30. The number of hydrogen-bond donors (Lipinski definition) is 3. The van der Waals surface area contributed by atoms with E-state index in [9.17, 15) is 14.7 Å². The van der Waals surface area contributed by atoms with Crippen molar-refractivity contribution in [1.82, 2.24) is 15.3 Å². The van der Waals surface area contributed by atoms with E-state index in [0.717, 1.165) is 0 Å². The standard InChI is InChI=1S/C17H19N5O3/c1-22(2)16(24)15(23)13-9-6-10-18-14(13)11-19-21-17(25)20-12-7-4-3-5-8-12/h3-11,15,23H,1-2H3,(H2,20,21,25). The lowest BCUT2D eigenvalue weighted by atomic mass is 10.1. The molecule has 130 valence electrons. The van der Waals surface area contributed by atoms with Crippen LogP contribution >= 0.6 is 0 Å². The molecule has 0 saturated heterocycles. The largest absolute Gasteiger partial charge is 0.378 e. The predicted octanol–water partition coefficient (Wildman–Crippen LogP) is 1.36. The van der Waals surface area contributed by atoms with Gasteiger partial charge in [-0.1, -0.05) is 24.3 Å². The summed E-state index contributed by atoms with van der Waals surface area (Å²) < 4.78 is 0. The van der Waals surface area contributed by atoms with Crippen LogP contribution in [0.5, 0.6) is 0 Å². The first-order valence-electron chi connectivity index (χ1n) is 7.48. The van der Waals surface area contributed by atoms with Crippen molar-refractivity contribution in [2.24, 2.45) is 5.10 Å². The van der Waals surface area contributed by atoms with Crippen LogP contribution in [-0.4, -0.2) is 47.2 Å². The number of hydrazone groups is 1. The van der Waals surface area contributed by atoms with Gasteiger partial charge in [0.25, 0.3) is 5.91 Å². The number of para-hydroxylation sites is 1. The van der Waals surface area contributed by atoms with Gasteiger partial charge in [-0.3, -0.25) is 9.78 Å². The van der Waals surface area contributed by atoms with E-state index >= 15 is 0 Å². The van der Waals surface area contributed by atoms with Gasteiger partial charge < -0.3 is 15.3 Å². The average Bonchev–Trinajstić information content (AvgIpc) is 2.61. The van der Waals surface area contributed by atoms with Gasteiger partial charge in [-0.15, -0.1) is 0 Å². The highest BCUT2D eigenvalue weighted by molar-refractivity contribution is 5.91. The predicted molar refractivity (Wildman–Crippen MR) is 94.1 cm³/mol. The molecule has 0 fully saturated rings. The average molecular weight is 341 g/mol. The van der Waals surface area contributed by atoms with Crippen LogP contribution in [0.25, 0.3) is 0 Å². The number of carbonyl (C=O) groups excluding carboxylic acids is 2. The third-order valence-corrected chi connectivity index (χ3v) is 3.23. The number of aliphatic hydroxyl groups is 1. The van der Waals surface area contributed by atoms with E-state index in [1.165, 1.54) is 17.3 Å². The van der Waals surface area contributed by atoms with E-state index in [1.807, 2.05) is 6.07 Å². The zero-order chi connectivity index (χ0) is 18.2. The highest BCUT2D eigenvalue weighted by Crippen LogP contribution is 2.16. The van der Waals surface area contributed by atoms with E-state index in [4.69, 9.17) is 0 Å². The van der Waals surface area contributed by atoms with Crippen molar-refractivity contribution < 1.29 is 14.7 Å². The van der Waals surface area contributed by atoms with Gasteiger partial charge in [-0.25, -0.2) is 10.2 Å². The van der Waals surface area contributed by atoms with Crippen LogP contribution < -0.4 is 10.7 Å². The summed E-state index contributed by atoms with van der Waals surface area (Å²) in [5.41, 5.74) is 3.51. The lowest BCUT2D eigenvalue weighted by Gasteiger charge is -2.17. The maximum Gasteiger partial charge on any atom is 0.339 e. The van der Waals surface area contributed by atoms with E-state index < -0.39 is 18.0 Å². The minimum Gasteiger partial charge on any atom is -0.378 e. The molecule has 2 aromatic rings. The molecule has 1 atom stereocenters. The normalized spacial score (nSPS) is 11.8. The van der Waals surface area contributed by atoms with Gasteiger partial charge in [0.05, 0.1) is 11.9 Å². The summed E-state index contributed by atoms with van der Waals surface area (Å²) in [5, 5.41) is 16.6. The monoisotopic (exact) mass is 341 g/mol. The van der Waals surface area contributed by atoms with Gasteiger partial charge in [0, 0.05) is 31.5 Å². The first-order chi connectivity index (χ1) is 12.0. The smallest absolute Gasteiger partial charge is 0.339 e. The molecule has 2 rings (SSSR count). The van der Waals surface area contributed by atoms with E-state index in [2.05, 4.69) is 20.8 Å². The zero-order valence-corrected chi connectivity index (χ0v) is 13.9. The Morgan fingerprint density at radius 2 is 1.92 bits per heavy atom. The van der Waals surface area contributed by atoms with Crippen molar-refractivity contribution in [2.45, 2.75) is 6.10 Å². The number of carbonyl (C=O) groups is 2. The van der Waals surface area contributed by atoms with Crippen molar-refractivity contribution in [3.8, 4) is 0 Å². The summed E-state index contributed by atoms with van der Waals surface area (Å²) in [6.45, 7) is 0. The Morgan fingerprint density at radius 3 is 2.60 bits per heavy atom. The molecule has 25 heavy (non-hydrogen) atoms. The van der Waals surface area contributed by atoms with Gasteiger partial charge in [0.2, 0.25) is 0 Å². The Bertz CT molecular complexity index is 762. The summed E-state index contributed by atoms with van der Waals surface area (Å²) in [6.07, 6.45) is 1.41. The molecule has 1 heterocycles. The topological polar surface area (TPSA) is 107 Å². The zero-order valence-electron chi connectivity index (χ0n) is 13.9. The molecule has 1 aromatic carbocycles. The SMILES string of the molecule is CN(C)C(=O)C(O)c1cccnc1C=NNC(=O)Nc1ccccc1. The van der Waals surface area contributed by atoms with Crippen molar-refractivity contribution in [2.75, 3.05) is 19.4 Å². The van der Waals surface area contributed by atoms with Crippen LogP contribution in [0.1, 0.15) is 17.4 Å². The lowest BCUT2D eigenvalue weighted by molar-refractivity contribution is -0.137. The van der Waals surface area contributed by atoms with Crippen LogP contribution in [0, 0.1) is 0 Å². The molecule has 8 heteroatoms. The number of aromatic nitrogens is 1. The fourth-order valence-electron chi connectivity index (χ4n) is 1.98. The first-order valence-corrected chi connectivity index (χ1v) is 7.48. The Morgan fingerprint density at radius 1 is 1.20 bits per heavy atom. The second kappa shape index (κ2) is 8.55. The third kappa shape index (κ3) is 5.11. The fraction of sp³-hybridized carbons (Fsp3) is 0.176. The molecule has 0 bridgehead atoms. The van der Waals surface area contributed by atoms with Gasteiger partial charge >= 0.3 is 6.03 Å². The molecule has 3 N–H and O–H groups in total. The molecule has 0 aliphatic rings. The number of pyridine rings is 1. The maximum atomic E-state index is 11.9. The molecule has 0 radical (unpaired) electrons. The summed E-state index contributed by atoms with van der Waals surface area (Å²) in [7, 11) is 3.09. The Kier molecular flexibility index (Phi) is 6.19. The van der Waals surface area contributed by atoms with Gasteiger partial charge in [0.15, 0.2) is 6.10 Å². The van der Waals surface area contributed by atoms with E-state index in [-0.39, 0.29) is 5.69 Å². The maximum absolute atomic E-state index is 11.9. The summed E-state index contributed by atoms with van der Waals surface area (Å²) in [5.74, 6) is -0.475. The Hall–Kier alpha value is -3.26. The molecule has 3 amide bonds. The van der Waals surface area contributed by atoms with E-state index in [0.29, 0.717) is 11.3 Å². The van der Waals surface area contributed by atoms with Crippen LogP contribution in [0.2, 0.25) is 0 Å². The lowest BCUT2D eigenvalue weighted by Crippen LogP contribution is -2.29. The quantitative estimate of drug-likeness (QED) is 0.564. The number of nitrogens with zero attached hydrogens (tertiary/aromatic N) is 3. The molecule has 0 spiro atoms. The molecule has 0 aliphatic carbocycles. The number of aliphatic hydroxyl groups excluding tert-OH is 1. The number of nitrogens with one attached hydrogen (secondary N) is 2. The van der Waals surface area contributed by atoms with Gasteiger partial charge in [-0.2, -0.15) is 5.10 Å². The minimum absolute atomic E-state index is 0.283. The molecular formula is C17H19N5O3. The summed E-state index contributed by atoms with van der Waals surface area (Å²) >= 11 is 0. The van der Waals surface area contributed by atoms with E-state index in [1.54, 1.807) is 50.5 Å². The Balaban J connectivity index is 2.03. The molecule has 8 nitrogen and oxygen atoms in total. The number of anilines is 1. The van der Waals surface area contributed by atoms with Gasteiger partial charge in [0.1, 0.15) is 0 Å². The molecule has 1 aromatic heterocycles. The molecule has 0 saturated carbocycles.